The summed E-state index contributed by atoms with van der Waals surface area (Å²) in [5.74, 6) is -2.51. The van der Waals surface area contributed by atoms with Gasteiger partial charge in [0.25, 0.3) is 5.79 Å². The van der Waals surface area contributed by atoms with Crippen LogP contribution in [-0.4, -0.2) is 17.7 Å². The van der Waals surface area contributed by atoms with Crippen LogP contribution in [0, 0.1) is 6.92 Å². The first kappa shape index (κ1) is 12.4. The molecule has 1 aliphatic rings. The monoisotopic (exact) mass is 246 g/mol. The van der Waals surface area contributed by atoms with Gasteiger partial charge in [0, 0.05) is 13.8 Å². The van der Waals surface area contributed by atoms with Gasteiger partial charge in [-0.3, -0.25) is 0 Å². The summed E-state index contributed by atoms with van der Waals surface area (Å²) in [6, 6.07) is 7.46. The lowest BCUT2D eigenvalue weighted by Gasteiger charge is -2.29. The van der Waals surface area contributed by atoms with Crippen molar-refractivity contribution in [2.24, 2.45) is 0 Å². The van der Waals surface area contributed by atoms with Crippen LogP contribution in [0.1, 0.15) is 25.0 Å². The Morgan fingerprint density at radius 1 is 1.11 bits per heavy atom. The second-order valence-corrected chi connectivity index (χ2v) is 4.65. The number of benzene rings is 1. The summed E-state index contributed by atoms with van der Waals surface area (Å²) < 4.78 is 10.0. The molecule has 1 aromatic carbocycles. The standard InChI is InChI=1S/C14H14O4/c1-9-5-4-6-10(7-9)8-11-12(15)17-14(2,3)18-13(11)16/h4-8H,1-3H3. The van der Waals surface area contributed by atoms with E-state index in [0.717, 1.165) is 11.1 Å². The molecule has 1 heterocycles. The molecule has 0 radical (unpaired) electrons. The first-order valence-corrected chi connectivity index (χ1v) is 5.62. The molecule has 18 heavy (non-hydrogen) atoms. The van der Waals surface area contributed by atoms with Gasteiger partial charge in [-0.2, -0.15) is 0 Å². The number of hydrogen-bond donors (Lipinski definition) is 0. The Morgan fingerprint density at radius 2 is 1.72 bits per heavy atom. The third-order valence-electron chi connectivity index (χ3n) is 2.47. The van der Waals surface area contributed by atoms with E-state index in [1.807, 2.05) is 25.1 Å². The molecule has 1 aromatic rings. The molecule has 94 valence electrons. The Bertz CT molecular complexity index is 518. The van der Waals surface area contributed by atoms with E-state index in [0.29, 0.717) is 0 Å². The second kappa shape index (κ2) is 4.29. The zero-order chi connectivity index (χ0) is 13.3. The predicted octanol–water partition coefficient (Wildman–Crippen LogP) is 2.21. The third kappa shape index (κ3) is 2.59. The number of esters is 2. The summed E-state index contributed by atoms with van der Waals surface area (Å²) in [4.78, 5) is 23.4. The van der Waals surface area contributed by atoms with Gasteiger partial charge in [-0.05, 0) is 18.6 Å². The Balaban J connectivity index is 2.34. The molecule has 0 saturated carbocycles. The molecule has 0 unspecified atom stereocenters. The van der Waals surface area contributed by atoms with Crippen molar-refractivity contribution in [3.63, 3.8) is 0 Å². The molecule has 4 nitrogen and oxygen atoms in total. The van der Waals surface area contributed by atoms with E-state index in [1.54, 1.807) is 6.07 Å². The van der Waals surface area contributed by atoms with E-state index in [4.69, 9.17) is 9.47 Å². The number of rotatable bonds is 1. The highest BCUT2D eigenvalue weighted by Crippen LogP contribution is 2.24. The topological polar surface area (TPSA) is 52.6 Å². The lowest BCUT2D eigenvalue weighted by atomic mass is 10.1. The number of ether oxygens (including phenoxy) is 2. The quantitative estimate of drug-likeness (QED) is 0.433. The van der Waals surface area contributed by atoms with Gasteiger partial charge in [0.1, 0.15) is 5.57 Å². The number of cyclic esters (lactones) is 2. The van der Waals surface area contributed by atoms with Crippen molar-refractivity contribution < 1.29 is 19.1 Å². The third-order valence-corrected chi connectivity index (χ3v) is 2.47. The Hall–Kier alpha value is -2.10. The second-order valence-electron chi connectivity index (χ2n) is 4.65. The van der Waals surface area contributed by atoms with Crippen LogP contribution in [0.3, 0.4) is 0 Å². The van der Waals surface area contributed by atoms with Gasteiger partial charge in [0.15, 0.2) is 0 Å². The van der Waals surface area contributed by atoms with Gasteiger partial charge in [0.2, 0.25) is 0 Å². The summed E-state index contributed by atoms with van der Waals surface area (Å²) >= 11 is 0. The fourth-order valence-electron chi connectivity index (χ4n) is 1.71. The van der Waals surface area contributed by atoms with Crippen LogP contribution in [0.5, 0.6) is 0 Å². The van der Waals surface area contributed by atoms with Gasteiger partial charge >= 0.3 is 11.9 Å². The molecule has 0 atom stereocenters. The van der Waals surface area contributed by atoms with Crippen molar-refractivity contribution in [2.45, 2.75) is 26.6 Å². The zero-order valence-electron chi connectivity index (χ0n) is 10.5. The maximum atomic E-state index is 11.7. The van der Waals surface area contributed by atoms with Crippen molar-refractivity contribution in [3.8, 4) is 0 Å². The highest BCUT2D eigenvalue weighted by molar-refractivity contribution is 6.18. The normalized spacial score (nSPS) is 18.1. The van der Waals surface area contributed by atoms with Gasteiger partial charge in [-0.25, -0.2) is 9.59 Å². The van der Waals surface area contributed by atoms with Crippen LogP contribution >= 0.6 is 0 Å². The minimum atomic E-state index is -1.20. The largest absolute Gasteiger partial charge is 0.419 e. The maximum absolute atomic E-state index is 11.7. The number of aryl methyl sites for hydroxylation is 1. The van der Waals surface area contributed by atoms with E-state index in [9.17, 15) is 9.59 Å². The number of hydrogen-bond acceptors (Lipinski definition) is 4. The van der Waals surface area contributed by atoms with Crippen LogP contribution in [0.15, 0.2) is 29.8 Å². The molecular formula is C14H14O4. The zero-order valence-corrected chi connectivity index (χ0v) is 10.5. The molecule has 0 aromatic heterocycles. The number of carbonyl (C=O) groups excluding carboxylic acids is 2. The minimum Gasteiger partial charge on any atom is -0.419 e. The van der Waals surface area contributed by atoms with Crippen LogP contribution in [0.25, 0.3) is 6.08 Å². The first-order chi connectivity index (χ1) is 8.37. The molecule has 1 aliphatic heterocycles. The molecule has 1 saturated heterocycles. The molecule has 0 spiro atoms. The smallest absolute Gasteiger partial charge is 0.348 e. The summed E-state index contributed by atoms with van der Waals surface area (Å²) in [6.45, 7) is 4.97. The summed E-state index contributed by atoms with van der Waals surface area (Å²) in [5.41, 5.74) is 1.72. The maximum Gasteiger partial charge on any atom is 0.348 e. The molecule has 1 fully saturated rings. The van der Waals surface area contributed by atoms with Crippen molar-refractivity contribution in [1.82, 2.24) is 0 Å². The molecule has 4 heteroatoms. The van der Waals surface area contributed by atoms with Crippen molar-refractivity contribution in [3.05, 3.63) is 41.0 Å². The average Bonchev–Trinajstić information content (AvgIpc) is 2.22. The summed E-state index contributed by atoms with van der Waals surface area (Å²) in [5, 5.41) is 0. The molecular weight excluding hydrogens is 232 g/mol. The average molecular weight is 246 g/mol. The van der Waals surface area contributed by atoms with Gasteiger partial charge in [0.05, 0.1) is 0 Å². The molecule has 0 bridgehead atoms. The lowest BCUT2D eigenvalue weighted by molar-refractivity contribution is -0.222. The van der Waals surface area contributed by atoms with Crippen LogP contribution < -0.4 is 0 Å². The highest BCUT2D eigenvalue weighted by Gasteiger charge is 2.38. The van der Waals surface area contributed by atoms with Crippen molar-refractivity contribution >= 4 is 18.0 Å². The summed E-state index contributed by atoms with van der Waals surface area (Å²) in [6.07, 6.45) is 1.48. The first-order valence-electron chi connectivity index (χ1n) is 5.62. The molecule has 0 N–H and O–H groups in total. The fraction of sp³-hybridized carbons (Fsp3) is 0.286. The van der Waals surface area contributed by atoms with Gasteiger partial charge < -0.3 is 9.47 Å². The van der Waals surface area contributed by atoms with Crippen LogP contribution in [-0.2, 0) is 19.1 Å². The number of carbonyl (C=O) groups is 2. The lowest BCUT2D eigenvalue weighted by Crippen LogP contribution is -2.41. The predicted molar refractivity (Wildman–Crippen MR) is 65.4 cm³/mol. The van der Waals surface area contributed by atoms with E-state index in [1.165, 1.54) is 19.9 Å². The van der Waals surface area contributed by atoms with Gasteiger partial charge in [-0.1, -0.05) is 29.8 Å². The van der Waals surface area contributed by atoms with Crippen molar-refractivity contribution in [1.29, 1.82) is 0 Å². The van der Waals surface area contributed by atoms with E-state index < -0.39 is 17.7 Å². The molecule has 2 rings (SSSR count). The fourth-order valence-corrected chi connectivity index (χ4v) is 1.71. The van der Waals surface area contributed by atoms with E-state index in [2.05, 4.69) is 0 Å². The Morgan fingerprint density at radius 3 is 2.28 bits per heavy atom. The summed E-state index contributed by atoms with van der Waals surface area (Å²) in [7, 11) is 0. The SMILES string of the molecule is Cc1cccc(C=C2C(=O)OC(C)(C)OC2=O)c1. The molecule has 0 amide bonds. The Labute approximate surface area is 105 Å². The van der Waals surface area contributed by atoms with Crippen molar-refractivity contribution in [2.75, 3.05) is 0 Å². The van der Waals surface area contributed by atoms with E-state index in [-0.39, 0.29) is 5.57 Å². The highest BCUT2D eigenvalue weighted by atomic mass is 16.7. The van der Waals surface area contributed by atoms with Crippen LogP contribution in [0.2, 0.25) is 0 Å². The minimum absolute atomic E-state index is 0.0834. The molecule has 0 aliphatic carbocycles. The Kier molecular flexibility index (Phi) is 2.95. The van der Waals surface area contributed by atoms with Crippen LogP contribution in [0.4, 0.5) is 0 Å². The van der Waals surface area contributed by atoms with E-state index >= 15 is 0 Å². The van der Waals surface area contributed by atoms with Gasteiger partial charge in [-0.15, -0.1) is 0 Å².